The molecule has 0 aromatic heterocycles. The first-order chi connectivity index (χ1) is 14.3. The van der Waals surface area contributed by atoms with Crippen LogP contribution in [0.25, 0.3) is 6.08 Å². The molecule has 2 rings (SSSR count). The van der Waals surface area contributed by atoms with Gasteiger partial charge >= 0.3 is 0 Å². The highest BCUT2D eigenvalue weighted by atomic mass is 35.5. The van der Waals surface area contributed by atoms with Crippen molar-refractivity contribution in [1.29, 1.82) is 0 Å². The van der Waals surface area contributed by atoms with Crippen molar-refractivity contribution < 1.29 is 19.1 Å². The number of methoxy groups -OCH3 is 1. The van der Waals surface area contributed by atoms with Crippen LogP contribution in [0.2, 0.25) is 10.0 Å². The summed E-state index contributed by atoms with van der Waals surface area (Å²) in [5, 5.41) is 3.26. The minimum Gasteiger partial charge on any atom is -0.493 e. The molecule has 0 saturated heterocycles. The Morgan fingerprint density at radius 1 is 1.17 bits per heavy atom. The first kappa shape index (κ1) is 23.3. The number of para-hydroxylation sites is 1. The minimum absolute atomic E-state index is 0.164. The van der Waals surface area contributed by atoms with Gasteiger partial charge in [0.15, 0.2) is 11.5 Å². The van der Waals surface area contributed by atoms with Gasteiger partial charge in [-0.2, -0.15) is 0 Å². The predicted octanol–water partition coefficient (Wildman–Crippen LogP) is 4.68. The number of carbonyl (C=O) groups excluding carboxylic acids is 2. The van der Waals surface area contributed by atoms with Crippen LogP contribution in [0.15, 0.2) is 55.1 Å². The minimum atomic E-state index is -0.417. The Balaban J connectivity index is 1.98. The van der Waals surface area contributed by atoms with Crippen molar-refractivity contribution in [2.24, 2.45) is 0 Å². The summed E-state index contributed by atoms with van der Waals surface area (Å²) in [5.74, 6) is 0.352. The summed E-state index contributed by atoms with van der Waals surface area (Å²) in [5.41, 5.74) is 1.06. The second-order valence-corrected chi connectivity index (χ2v) is 7.00. The van der Waals surface area contributed by atoms with Crippen molar-refractivity contribution in [2.45, 2.75) is 0 Å². The van der Waals surface area contributed by atoms with Crippen LogP contribution in [-0.4, -0.2) is 44.0 Å². The number of hydrogen-bond donors (Lipinski definition) is 1. The van der Waals surface area contributed by atoms with Gasteiger partial charge in [0.25, 0.3) is 0 Å². The van der Waals surface area contributed by atoms with E-state index in [1.807, 2.05) is 0 Å². The molecular formula is C22H22Cl2N2O4. The first-order valence-corrected chi connectivity index (χ1v) is 9.70. The van der Waals surface area contributed by atoms with E-state index in [0.29, 0.717) is 33.8 Å². The lowest BCUT2D eigenvalue weighted by Gasteiger charge is -2.16. The molecule has 0 atom stereocenters. The second kappa shape index (κ2) is 11.3. The Bertz CT molecular complexity index is 940. The van der Waals surface area contributed by atoms with Gasteiger partial charge in [0.1, 0.15) is 6.61 Å². The van der Waals surface area contributed by atoms with Crippen molar-refractivity contribution in [3.05, 3.63) is 70.7 Å². The normalized spacial score (nSPS) is 10.5. The molecule has 2 amide bonds. The van der Waals surface area contributed by atoms with E-state index in [1.54, 1.807) is 48.6 Å². The number of likely N-dealkylation sites (N-methyl/N-ethyl adjacent to an activating group) is 1. The molecule has 0 unspecified atom stereocenters. The number of nitrogens with one attached hydrogen (secondary N) is 1. The molecule has 0 aliphatic heterocycles. The molecule has 8 heteroatoms. The fourth-order valence-electron chi connectivity index (χ4n) is 2.44. The Labute approximate surface area is 185 Å². The molecule has 2 aromatic carbocycles. The van der Waals surface area contributed by atoms with Crippen LogP contribution in [0.5, 0.6) is 11.5 Å². The van der Waals surface area contributed by atoms with Gasteiger partial charge in [0.2, 0.25) is 11.8 Å². The van der Waals surface area contributed by atoms with E-state index >= 15 is 0 Å². The molecule has 0 spiro atoms. The predicted molar refractivity (Wildman–Crippen MR) is 120 cm³/mol. The highest BCUT2D eigenvalue weighted by Gasteiger charge is 2.14. The van der Waals surface area contributed by atoms with Gasteiger partial charge < -0.3 is 19.7 Å². The lowest BCUT2D eigenvalue weighted by Crippen LogP contribution is -2.34. The van der Waals surface area contributed by atoms with E-state index in [0.717, 1.165) is 5.56 Å². The number of carbonyl (C=O) groups is 2. The molecule has 1 N–H and O–H groups in total. The fourth-order valence-corrected chi connectivity index (χ4v) is 2.93. The molecule has 6 nitrogen and oxygen atoms in total. The zero-order chi connectivity index (χ0) is 22.1. The van der Waals surface area contributed by atoms with E-state index in [-0.39, 0.29) is 12.5 Å². The van der Waals surface area contributed by atoms with Crippen LogP contribution < -0.4 is 14.8 Å². The summed E-state index contributed by atoms with van der Waals surface area (Å²) in [6.45, 7) is 3.80. The molecule has 158 valence electrons. The number of nitrogens with zero attached hydrogens (tertiary/aromatic N) is 1. The maximum Gasteiger partial charge on any atom is 0.246 e. The largest absolute Gasteiger partial charge is 0.493 e. The van der Waals surface area contributed by atoms with Crippen LogP contribution >= 0.6 is 23.2 Å². The highest BCUT2D eigenvalue weighted by Crippen LogP contribution is 2.30. The van der Waals surface area contributed by atoms with Crippen LogP contribution in [0.1, 0.15) is 5.56 Å². The number of rotatable bonds is 9. The molecule has 0 aliphatic rings. The van der Waals surface area contributed by atoms with E-state index in [2.05, 4.69) is 11.9 Å². The van der Waals surface area contributed by atoms with Gasteiger partial charge in [-0.3, -0.25) is 9.59 Å². The first-order valence-electron chi connectivity index (χ1n) is 8.94. The van der Waals surface area contributed by atoms with Crippen molar-refractivity contribution in [1.82, 2.24) is 4.90 Å². The van der Waals surface area contributed by atoms with Gasteiger partial charge in [-0.25, -0.2) is 0 Å². The molecule has 0 fully saturated rings. The Morgan fingerprint density at radius 2 is 1.87 bits per heavy atom. The summed E-state index contributed by atoms with van der Waals surface area (Å²) in [7, 11) is 3.06. The average molecular weight is 449 g/mol. The summed E-state index contributed by atoms with van der Waals surface area (Å²) < 4.78 is 10.8. The lowest BCUT2D eigenvalue weighted by atomic mass is 10.2. The van der Waals surface area contributed by atoms with Crippen LogP contribution in [-0.2, 0) is 9.59 Å². The van der Waals surface area contributed by atoms with Gasteiger partial charge in [-0.1, -0.05) is 48.0 Å². The van der Waals surface area contributed by atoms with E-state index in [9.17, 15) is 9.59 Å². The van der Waals surface area contributed by atoms with Crippen LogP contribution in [0.3, 0.4) is 0 Å². The molecular weight excluding hydrogens is 427 g/mol. The van der Waals surface area contributed by atoms with Crippen molar-refractivity contribution in [3.8, 4) is 11.5 Å². The Morgan fingerprint density at radius 3 is 2.50 bits per heavy atom. The monoisotopic (exact) mass is 448 g/mol. The number of hydrogen-bond acceptors (Lipinski definition) is 4. The zero-order valence-corrected chi connectivity index (χ0v) is 18.2. The maximum atomic E-state index is 12.3. The van der Waals surface area contributed by atoms with Gasteiger partial charge in [-0.05, 0) is 35.9 Å². The smallest absolute Gasteiger partial charge is 0.246 e. The molecule has 0 bridgehead atoms. The lowest BCUT2D eigenvalue weighted by molar-refractivity contribution is -0.129. The summed E-state index contributed by atoms with van der Waals surface area (Å²) in [4.78, 5) is 25.8. The Kier molecular flexibility index (Phi) is 8.77. The zero-order valence-electron chi connectivity index (χ0n) is 16.7. The third-order valence-electron chi connectivity index (χ3n) is 3.95. The van der Waals surface area contributed by atoms with Crippen LogP contribution in [0, 0.1) is 0 Å². The molecule has 2 aromatic rings. The topological polar surface area (TPSA) is 67.9 Å². The van der Waals surface area contributed by atoms with E-state index < -0.39 is 5.91 Å². The number of halogens is 2. The summed E-state index contributed by atoms with van der Waals surface area (Å²) in [6, 6.07) is 10.2. The quantitative estimate of drug-likeness (QED) is 0.446. The standard InChI is InChI=1S/C22H22Cl2N2O4/c1-4-12-30-18-10-8-15(13-19(18)29-3)9-11-21(28)26(2)14-20(27)25-22-16(23)6-5-7-17(22)24/h4-11,13H,1,12,14H2,2-3H3,(H,25,27)/b11-9+. The van der Waals surface area contributed by atoms with E-state index in [4.69, 9.17) is 32.7 Å². The van der Waals surface area contributed by atoms with Crippen molar-refractivity contribution in [3.63, 3.8) is 0 Å². The molecule has 0 saturated carbocycles. The molecule has 30 heavy (non-hydrogen) atoms. The number of benzene rings is 2. The number of anilines is 1. The van der Waals surface area contributed by atoms with Crippen molar-refractivity contribution >= 4 is 46.8 Å². The maximum absolute atomic E-state index is 12.3. The van der Waals surface area contributed by atoms with Crippen LogP contribution in [0.4, 0.5) is 5.69 Å². The fraction of sp³-hybridized carbons (Fsp3) is 0.182. The third-order valence-corrected chi connectivity index (χ3v) is 4.58. The third kappa shape index (κ3) is 6.54. The SMILES string of the molecule is C=CCOc1ccc(/C=C/C(=O)N(C)CC(=O)Nc2c(Cl)cccc2Cl)cc1OC. The molecule has 0 aliphatic carbocycles. The number of amides is 2. The summed E-state index contributed by atoms with van der Waals surface area (Å²) >= 11 is 12.1. The Hall–Kier alpha value is -2.96. The van der Waals surface area contributed by atoms with Gasteiger partial charge in [-0.15, -0.1) is 0 Å². The average Bonchev–Trinajstić information content (AvgIpc) is 2.73. The number of ether oxygens (including phenoxy) is 2. The second-order valence-electron chi connectivity index (χ2n) is 6.18. The molecule has 0 radical (unpaired) electrons. The summed E-state index contributed by atoms with van der Waals surface area (Å²) in [6.07, 6.45) is 4.63. The van der Waals surface area contributed by atoms with Gasteiger partial charge in [0.05, 0.1) is 29.4 Å². The van der Waals surface area contributed by atoms with Gasteiger partial charge in [0, 0.05) is 13.1 Å². The molecule has 0 heterocycles. The highest BCUT2D eigenvalue weighted by molar-refractivity contribution is 6.39. The van der Waals surface area contributed by atoms with Crippen molar-refractivity contribution in [2.75, 3.05) is 32.6 Å². The van der Waals surface area contributed by atoms with E-state index in [1.165, 1.54) is 25.1 Å².